The zero-order valence-corrected chi connectivity index (χ0v) is 15.8. The first-order valence-electron chi connectivity index (χ1n) is 9.02. The van der Waals surface area contributed by atoms with Crippen molar-refractivity contribution in [2.45, 2.75) is 39.3 Å². The molecule has 0 aliphatic heterocycles. The number of hydrogen-bond acceptors (Lipinski definition) is 4. The van der Waals surface area contributed by atoms with Gasteiger partial charge in [0.2, 0.25) is 5.91 Å². The van der Waals surface area contributed by atoms with E-state index < -0.39 is 0 Å². The number of aromatic nitrogens is 1. The molecular weight excluding hydrogens is 344 g/mol. The summed E-state index contributed by atoms with van der Waals surface area (Å²) >= 11 is 1.66. The number of nitrogens with zero attached hydrogens (tertiary/aromatic N) is 1. The van der Waals surface area contributed by atoms with E-state index in [2.05, 4.69) is 29.4 Å². The highest BCUT2D eigenvalue weighted by Crippen LogP contribution is 2.22. The van der Waals surface area contributed by atoms with Crippen LogP contribution in [-0.2, 0) is 29.1 Å². The standard InChI is InChI=1S/C21H24N2O2S/c1-2-13-25-15-17-8-4-3-7-16(17)14-22-20(24)11-12-21-23-18-9-5-6-10-19(18)26-21/h3-10H,2,11-15H2,1H3,(H,22,24). The molecule has 1 N–H and O–H groups in total. The van der Waals surface area contributed by atoms with Crippen LogP contribution in [0.4, 0.5) is 0 Å². The van der Waals surface area contributed by atoms with Crippen LogP contribution < -0.4 is 5.32 Å². The molecule has 0 saturated carbocycles. The molecule has 0 bridgehead atoms. The Kier molecular flexibility index (Phi) is 6.75. The van der Waals surface area contributed by atoms with E-state index in [-0.39, 0.29) is 5.91 Å². The third kappa shape index (κ3) is 5.13. The molecular formula is C21H24N2O2S. The Hall–Kier alpha value is -2.24. The molecule has 0 fully saturated rings. The summed E-state index contributed by atoms with van der Waals surface area (Å²) in [4.78, 5) is 16.8. The summed E-state index contributed by atoms with van der Waals surface area (Å²) in [5.74, 6) is 0.0496. The summed E-state index contributed by atoms with van der Waals surface area (Å²) in [6.45, 7) is 3.97. The molecule has 1 heterocycles. The van der Waals surface area contributed by atoms with E-state index >= 15 is 0 Å². The van der Waals surface area contributed by atoms with Crippen molar-refractivity contribution in [1.29, 1.82) is 0 Å². The van der Waals surface area contributed by atoms with Crippen LogP contribution in [0.5, 0.6) is 0 Å². The maximum Gasteiger partial charge on any atom is 0.220 e. The smallest absolute Gasteiger partial charge is 0.220 e. The molecule has 1 amide bonds. The molecule has 4 nitrogen and oxygen atoms in total. The van der Waals surface area contributed by atoms with Gasteiger partial charge in [-0.05, 0) is 29.7 Å². The highest BCUT2D eigenvalue weighted by atomic mass is 32.1. The third-order valence-corrected chi connectivity index (χ3v) is 5.20. The van der Waals surface area contributed by atoms with Crippen LogP contribution in [0.3, 0.4) is 0 Å². The van der Waals surface area contributed by atoms with Gasteiger partial charge in [0.1, 0.15) is 0 Å². The van der Waals surface area contributed by atoms with Crippen molar-refractivity contribution in [2.75, 3.05) is 6.61 Å². The average molecular weight is 369 g/mol. The van der Waals surface area contributed by atoms with Crippen molar-refractivity contribution in [3.05, 3.63) is 64.7 Å². The lowest BCUT2D eigenvalue weighted by atomic mass is 10.1. The number of thiazole rings is 1. The van der Waals surface area contributed by atoms with Gasteiger partial charge in [-0.3, -0.25) is 4.79 Å². The largest absolute Gasteiger partial charge is 0.377 e. The van der Waals surface area contributed by atoms with E-state index in [4.69, 9.17) is 4.74 Å². The first kappa shape index (κ1) is 18.5. The SMILES string of the molecule is CCCOCc1ccccc1CNC(=O)CCc1nc2ccccc2s1. The van der Waals surface area contributed by atoms with E-state index in [1.165, 1.54) is 4.70 Å². The number of ether oxygens (including phenoxy) is 1. The van der Waals surface area contributed by atoms with Gasteiger partial charge in [-0.1, -0.05) is 43.3 Å². The van der Waals surface area contributed by atoms with Crippen molar-refractivity contribution in [3.63, 3.8) is 0 Å². The molecule has 1 aromatic heterocycles. The number of rotatable bonds is 9. The van der Waals surface area contributed by atoms with Crippen LogP contribution >= 0.6 is 11.3 Å². The minimum atomic E-state index is 0.0496. The molecule has 0 spiro atoms. The summed E-state index contributed by atoms with van der Waals surface area (Å²) in [6.07, 6.45) is 2.13. The monoisotopic (exact) mass is 368 g/mol. The lowest BCUT2D eigenvalue weighted by molar-refractivity contribution is -0.121. The van der Waals surface area contributed by atoms with E-state index in [0.717, 1.165) is 34.7 Å². The quantitative estimate of drug-likeness (QED) is 0.567. The van der Waals surface area contributed by atoms with Crippen molar-refractivity contribution in [1.82, 2.24) is 10.3 Å². The van der Waals surface area contributed by atoms with Crippen molar-refractivity contribution in [3.8, 4) is 0 Å². The van der Waals surface area contributed by atoms with Gasteiger partial charge in [-0.15, -0.1) is 11.3 Å². The van der Waals surface area contributed by atoms with E-state index in [9.17, 15) is 4.79 Å². The van der Waals surface area contributed by atoms with Crippen LogP contribution in [0, 0.1) is 0 Å². The molecule has 3 aromatic rings. The van der Waals surface area contributed by atoms with E-state index in [1.807, 2.05) is 36.4 Å². The molecule has 136 valence electrons. The fourth-order valence-electron chi connectivity index (χ4n) is 2.73. The third-order valence-electron chi connectivity index (χ3n) is 4.10. The second-order valence-corrected chi connectivity index (χ2v) is 7.29. The fraction of sp³-hybridized carbons (Fsp3) is 0.333. The number of carbonyl (C=O) groups excluding carboxylic acids is 1. The molecule has 0 aliphatic rings. The highest BCUT2D eigenvalue weighted by molar-refractivity contribution is 7.18. The average Bonchev–Trinajstić information content (AvgIpc) is 3.09. The van der Waals surface area contributed by atoms with Gasteiger partial charge in [0.25, 0.3) is 0 Å². The molecule has 0 saturated heterocycles. The summed E-state index contributed by atoms with van der Waals surface area (Å²) in [5.41, 5.74) is 3.25. The minimum absolute atomic E-state index is 0.0496. The first-order valence-corrected chi connectivity index (χ1v) is 9.83. The van der Waals surface area contributed by atoms with Gasteiger partial charge in [-0.25, -0.2) is 4.98 Å². The first-order chi connectivity index (χ1) is 12.8. The number of amides is 1. The highest BCUT2D eigenvalue weighted by Gasteiger charge is 2.08. The van der Waals surface area contributed by atoms with Gasteiger partial charge >= 0.3 is 0 Å². The zero-order valence-electron chi connectivity index (χ0n) is 15.0. The Morgan fingerprint density at radius 3 is 2.69 bits per heavy atom. The Bertz CT molecular complexity index is 827. The van der Waals surface area contributed by atoms with Crippen LogP contribution in [0.15, 0.2) is 48.5 Å². The minimum Gasteiger partial charge on any atom is -0.377 e. The molecule has 0 unspecified atom stereocenters. The van der Waals surface area contributed by atoms with Crippen LogP contribution in [-0.4, -0.2) is 17.5 Å². The van der Waals surface area contributed by atoms with Gasteiger partial charge in [-0.2, -0.15) is 0 Å². The molecule has 26 heavy (non-hydrogen) atoms. The predicted octanol–water partition coefficient (Wildman–Crippen LogP) is 4.47. The summed E-state index contributed by atoms with van der Waals surface area (Å²) in [7, 11) is 0. The summed E-state index contributed by atoms with van der Waals surface area (Å²) < 4.78 is 6.80. The lowest BCUT2D eigenvalue weighted by Gasteiger charge is -2.11. The number of nitrogens with one attached hydrogen (secondary N) is 1. The molecule has 0 aliphatic carbocycles. The van der Waals surface area contributed by atoms with E-state index in [1.54, 1.807) is 11.3 Å². The maximum atomic E-state index is 12.2. The van der Waals surface area contributed by atoms with Crippen LogP contribution in [0.2, 0.25) is 0 Å². The zero-order chi connectivity index (χ0) is 18.2. The van der Waals surface area contributed by atoms with Gasteiger partial charge in [0.15, 0.2) is 0 Å². The van der Waals surface area contributed by atoms with Crippen LogP contribution in [0.25, 0.3) is 10.2 Å². The van der Waals surface area contributed by atoms with Crippen molar-refractivity contribution in [2.24, 2.45) is 0 Å². The number of aryl methyl sites for hydroxylation is 1. The predicted molar refractivity (Wildman–Crippen MR) is 106 cm³/mol. The molecule has 3 rings (SSSR count). The Labute approximate surface area is 158 Å². The Morgan fingerprint density at radius 1 is 1.12 bits per heavy atom. The Morgan fingerprint density at radius 2 is 1.88 bits per heavy atom. The molecule has 0 atom stereocenters. The normalized spacial score (nSPS) is 11.0. The second kappa shape index (κ2) is 9.46. The van der Waals surface area contributed by atoms with E-state index in [0.29, 0.717) is 26.0 Å². The van der Waals surface area contributed by atoms with Gasteiger partial charge in [0.05, 0.1) is 21.8 Å². The van der Waals surface area contributed by atoms with Crippen molar-refractivity contribution < 1.29 is 9.53 Å². The fourth-order valence-corrected chi connectivity index (χ4v) is 3.69. The van der Waals surface area contributed by atoms with Gasteiger partial charge in [0, 0.05) is 26.0 Å². The second-order valence-electron chi connectivity index (χ2n) is 6.17. The Balaban J connectivity index is 1.49. The molecule has 5 heteroatoms. The van der Waals surface area contributed by atoms with Gasteiger partial charge < -0.3 is 10.1 Å². The summed E-state index contributed by atoms with van der Waals surface area (Å²) in [6, 6.07) is 16.2. The van der Waals surface area contributed by atoms with Crippen molar-refractivity contribution >= 4 is 27.5 Å². The van der Waals surface area contributed by atoms with Crippen LogP contribution in [0.1, 0.15) is 35.9 Å². The summed E-state index contributed by atoms with van der Waals surface area (Å²) in [5, 5.41) is 4.03. The molecule has 0 radical (unpaired) electrons. The number of para-hydroxylation sites is 1. The number of carbonyl (C=O) groups is 1. The molecule has 2 aromatic carbocycles. The number of hydrogen-bond donors (Lipinski definition) is 1. The maximum absolute atomic E-state index is 12.2. The number of benzene rings is 2. The number of fused-ring (bicyclic) bond motifs is 1. The topological polar surface area (TPSA) is 51.2 Å². The lowest BCUT2D eigenvalue weighted by Crippen LogP contribution is -2.23.